The standard InChI is InChI=1S/C62H57BCl2N2S/c1-8-9-10-13-24-41-27-30-47-46-25-18-19-26-56(46)68-60(47)58(41)66-52-37-44(64)28-31-50(52)63-51-32-29-45(65)38-53(51)67(55-36-43(62(5,6)7)35-54(66)57(55)63)59-48(39-20-14-11-15-21-39)33-42(61(2,3)4)34-49(59)40-22-16-12-17-23-40/h11-12,14-23,25-38H,8-10,13,24H2,1-7H3. The molecule has 0 aliphatic carbocycles. The summed E-state index contributed by atoms with van der Waals surface area (Å²) in [5.74, 6) is 0. The van der Waals surface area contributed by atoms with Crippen LogP contribution >= 0.6 is 34.5 Å². The summed E-state index contributed by atoms with van der Waals surface area (Å²) in [6.45, 7) is 16.2. The first-order valence-electron chi connectivity index (χ1n) is 24.4. The predicted octanol–water partition coefficient (Wildman–Crippen LogP) is 17.5. The molecule has 0 radical (unpaired) electrons. The van der Waals surface area contributed by atoms with E-state index in [0.717, 1.165) is 34.9 Å². The predicted molar refractivity (Wildman–Crippen MR) is 299 cm³/mol. The number of aryl methyl sites for hydroxylation is 1. The molecule has 1 aromatic heterocycles. The quantitative estimate of drug-likeness (QED) is 0.105. The third-order valence-corrected chi connectivity index (χ3v) is 16.0. The van der Waals surface area contributed by atoms with Crippen molar-refractivity contribution < 1.29 is 0 Å². The van der Waals surface area contributed by atoms with Crippen molar-refractivity contribution in [1.82, 2.24) is 0 Å². The molecule has 0 atom stereocenters. The van der Waals surface area contributed by atoms with Crippen LogP contribution in [0.1, 0.15) is 90.8 Å². The fourth-order valence-electron chi connectivity index (χ4n) is 10.8. The molecular weight excluding hydrogens is 886 g/mol. The van der Waals surface area contributed by atoms with Gasteiger partial charge in [-0.05, 0) is 122 Å². The highest BCUT2D eigenvalue weighted by Crippen LogP contribution is 2.54. The Balaban J connectivity index is 1.30. The number of hydrogen-bond acceptors (Lipinski definition) is 3. The van der Waals surface area contributed by atoms with Crippen LogP contribution in [0.3, 0.4) is 0 Å². The molecule has 2 aliphatic rings. The van der Waals surface area contributed by atoms with Crippen molar-refractivity contribution in [3.8, 4) is 22.3 Å². The van der Waals surface area contributed by atoms with Gasteiger partial charge in [0.25, 0.3) is 6.71 Å². The van der Waals surface area contributed by atoms with Crippen molar-refractivity contribution in [2.24, 2.45) is 0 Å². The molecule has 9 aromatic rings. The van der Waals surface area contributed by atoms with Gasteiger partial charge >= 0.3 is 0 Å². The number of halogens is 2. The SMILES string of the molecule is CCCCCCc1ccc2c(sc3ccccc32)c1N1c2cc(Cl)ccc2B2c3ccc(Cl)cc3N(c3c(-c4ccccc4)cc(C(C)(C)C)cc3-c3ccccc3)c3cc(C(C)(C)C)cc1c32. The molecule has 11 rings (SSSR count). The van der Waals surface area contributed by atoms with Crippen LogP contribution in [0, 0.1) is 0 Å². The second-order valence-corrected chi connectivity index (χ2v) is 22.9. The van der Waals surface area contributed by atoms with Crippen molar-refractivity contribution in [3.63, 3.8) is 0 Å². The monoisotopic (exact) mass is 942 g/mol. The van der Waals surface area contributed by atoms with Crippen LogP contribution in [0.5, 0.6) is 0 Å². The Morgan fingerprint density at radius 2 is 1.03 bits per heavy atom. The molecule has 2 aliphatic heterocycles. The maximum Gasteiger partial charge on any atom is 0.252 e. The molecule has 0 spiro atoms. The first-order chi connectivity index (χ1) is 32.8. The number of unbranched alkanes of at least 4 members (excludes halogenated alkanes) is 3. The van der Waals surface area contributed by atoms with Gasteiger partial charge in [0.1, 0.15) is 0 Å². The van der Waals surface area contributed by atoms with Gasteiger partial charge in [-0.15, -0.1) is 11.3 Å². The first kappa shape index (κ1) is 44.7. The first-order valence-corrected chi connectivity index (χ1v) is 26.0. The highest BCUT2D eigenvalue weighted by molar-refractivity contribution is 7.26. The lowest BCUT2D eigenvalue weighted by Gasteiger charge is -2.46. The molecule has 3 heterocycles. The second-order valence-electron chi connectivity index (χ2n) is 20.9. The van der Waals surface area contributed by atoms with Crippen LogP contribution in [0.4, 0.5) is 34.1 Å². The van der Waals surface area contributed by atoms with Crippen LogP contribution < -0.4 is 26.2 Å². The number of anilines is 6. The van der Waals surface area contributed by atoms with Gasteiger partial charge in [0.15, 0.2) is 0 Å². The smallest absolute Gasteiger partial charge is 0.252 e. The summed E-state index contributed by atoms with van der Waals surface area (Å²) in [5.41, 5.74) is 19.0. The molecule has 2 nitrogen and oxygen atoms in total. The third-order valence-electron chi connectivity index (χ3n) is 14.4. The van der Waals surface area contributed by atoms with E-state index < -0.39 is 0 Å². The van der Waals surface area contributed by atoms with E-state index >= 15 is 0 Å². The Hall–Kier alpha value is -5.78. The van der Waals surface area contributed by atoms with E-state index in [1.807, 2.05) is 11.3 Å². The summed E-state index contributed by atoms with van der Waals surface area (Å²) in [6.07, 6.45) is 5.76. The van der Waals surface area contributed by atoms with Crippen molar-refractivity contribution in [1.29, 1.82) is 0 Å². The second kappa shape index (κ2) is 17.3. The van der Waals surface area contributed by atoms with Crippen LogP contribution in [0.25, 0.3) is 42.4 Å². The molecule has 0 unspecified atom stereocenters. The number of nitrogens with zero attached hydrogens (tertiary/aromatic N) is 2. The molecule has 0 saturated carbocycles. The van der Waals surface area contributed by atoms with Crippen LogP contribution in [-0.4, -0.2) is 6.71 Å². The highest BCUT2D eigenvalue weighted by Gasteiger charge is 2.46. The van der Waals surface area contributed by atoms with Gasteiger partial charge in [0.2, 0.25) is 0 Å². The minimum atomic E-state index is -0.200. The van der Waals surface area contributed by atoms with E-state index in [1.54, 1.807) is 0 Å². The summed E-state index contributed by atoms with van der Waals surface area (Å²) in [4.78, 5) is 5.23. The van der Waals surface area contributed by atoms with E-state index in [2.05, 4.69) is 216 Å². The fraction of sp³-hybridized carbons (Fsp3) is 0.226. The maximum atomic E-state index is 7.24. The lowest BCUT2D eigenvalue weighted by molar-refractivity contribution is 0.590. The largest absolute Gasteiger partial charge is 0.310 e. The highest BCUT2D eigenvalue weighted by atomic mass is 35.5. The van der Waals surface area contributed by atoms with E-state index in [1.165, 1.54) is 112 Å². The average molecular weight is 944 g/mol. The van der Waals surface area contributed by atoms with E-state index in [9.17, 15) is 0 Å². The fourth-order valence-corrected chi connectivity index (χ4v) is 12.4. The Morgan fingerprint density at radius 1 is 0.500 bits per heavy atom. The van der Waals surface area contributed by atoms with Gasteiger partial charge in [-0.25, -0.2) is 0 Å². The lowest BCUT2D eigenvalue weighted by atomic mass is 9.33. The number of hydrogen-bond donors (Lipinski definition) is 0. The Bertz CT molecular complexity index is 3340. The van der Waals surface area contributed by atoms with E-state index in [4.69, 9.17) is 23.2 Å². The van der Waals surface area contributed by atoms with Crippen molar-refractivity contribution in [2.75, 3.05) is 9.80 Å². The summed E-state index contributed by atoms with van der Waals surface area (Å²) in [5, 5.41) is 4.03. The molecule has 0 N–H and O–H groups in total. The van der Waals surface area contributed by atoms with Gasteiger partial charge in [0.05, 0.1) is 16.1 Å². The van der Waals surface area contributed by atoms with Crippen molar-refractivity contribution in [3.05, 3.63) is 184 Å². The molecule has 338 valence electrons. The topological polar surface area (TPSA) is 6.48 Å². The lowest BCUT2D eigenvalue weighted by Crippen LogP contribution is -2.61. The summed E-state index contributed by atoms with van der Waals surface area (Å²) < 4.78 is 2.62. The average Bonchev–Trinajstić information content (AvgIpc) is 3.71. The molecule has 0 amide bonds. The summed E-state index contributed by atoms with van der Waals surface area (Å²) in [6, 6.07) is 58.8. The zero-order valence-corrected chi connectivity index (χ0v) is 42.5. The third kappa shape index (κ3) is 7.65. The van der Waals surface area contributed by atoms with Crippen LogP contribution in [-0.2, 0) is 17.3 Å². The summed E-state index contributed by atoms with van der Waals surface area (Å²) in [7, 11) is 0. The van der Waals surface area contributed by atoms with Gasteiger partial charge in [-0.3, -0.25) is 0 Å². The maximum absolute atomic E-state index is 7.24. The van der Waals surface area contributed by atoms with Gasteiger partial charge < -0.3 is 9.80 Å². The zero-order chi connectivity index (χ0) is 47.1. The Labute approximate surface area is 417 Å². The van der Waals surface area contributed by atoms with E-state index in [0.29, 0.717) is 5.02 Å². The van der Waals surface area contributed by atoms with Gasteiger partial charge in [-0.2, -0.15) is 0 Å². The van der Waals surface area contributed by atoms with Gasteiger partial charge in [0, 0.05) is 59.4 Å². The molecule has 0 bridgehead atoms. The number of rotatable bonds is 9. The number of thiophene rings is 1. The molecule has 8 aromatic carbocycles. The minimum absolute atomic E-state index is 0.0927. The van der Waals surface area contributed by atoms with Crippen molar-refractivity contribution in [2.45, 2.75) is 91.4 Å². The van der Waals surface area contributed by atoms with E-state index in [-0.39, 0.29) is 17.5 Å². The molecular formula is C62H57BCl2N2S. The van der Waals surface area contributed by atoms with Crippen molar-refractivity contribution >= 4 is 112 Å². The normalized spacial score (nSPS) is 13.3. The zero-order valence-electron chi connectivity index (χ0n) is 40.2. The molecule has 0 fully saturated rings. The molecule has 68 heavy (non-hydrogen) atoms. The van der Waals surface area contributed by atoms with Gasteiger partial charge in [-0.1, -0.05) is 194 Å². The molecule has 6 heteroatoms. The number of benzene rings is 8. The minimum Gasteiger partial charge on any atom is -0.310 e. The number of fused-ring (bicyclic) bond motifs is 7. The molecule has 0 saturated heterocycles. The summed E-state index contributed by atoms with van der Waals surface area (Å²) >= 11 is 16.4. The Morgan fingerprint density at radius 3 is 1.59 bits per heavy atom. The Kier molecular flexibility index (Phi) is 11.4. The van der Waals surface area contributed by atoms with Crippen LogP contribution in [0.2, 0.25) is 10.0 Å². The van der Waals surface area contributed by atoms with Crippen LogP contribution in [0.15, 0.2) is 158 Å².